The summed E-state index contributed by atoms with van der Waals surface area (Å²) in [6, 6.07) is 0. The Labute approximate surface area is 54.5 Å². The molecule has 1 N–H and O–H groups in total. The van der Waals surface area contributed by atoms with Gasteiger partial charge in [-0.25, -0.2) is 4.79 Å². The van der Waals surface area contributed by atoms with Crippen molar-refractivity contribution in [2.24, 2.45) is 0 Å². The molecule has 0 aliphatic carbocycles. The minimum atomic E-state index is -0.891. The van der Waals surface area contributed by atoms with E-state index in [0.717, 1.165) is 5.57 Å². The Balaban J connectivity index is 4.17. The topological polar surface area (TPSA) is 37.3 Å². The zero-order valence-corrected chi connectivity index (χ0v) is 5.64. The molecule has 2 nitrogen and oxygen atoms in total. The van der Waals surface area contributed by atoms with Gasteiger partial charge in [0.05, 0.1) is 0 Å². The maximum Gasteiger partial charge on any atom is 0.331 e. The first-order chi connectivity index (χ1) is 4.04. The van der Waals surface area contributed by atoms with E-state index in [1.165, 1.54) is 13.0 Å². The van der Waals surface area contributed by atoms with Crippen LogP contribution >= 0.6 is 0 Å². The summed E-state index contributed by atoms with van der Waals surface area (Å²) >= 11 is 0. The van der Waals surface area contributed by atoms with Gasteiger partial charge in [-0.15, -0.1) is 0 Å². The molecular weight excluding hydrogens is 116 g/mol. The standard InChI is InChI=1S/C7H10O2/c1-5(2)4-6(3)7(8)9/h4H,1H2,2-3H3,(H,8,9)/b6-4+. The summed E-state index contributed by atoms with van der Waals surface area (Å²) in [7, 11) is 0. The number of carboxylic acid groups (broad SMARTS) is 1. The molecule has 0 unspecified atom stereocenters. The smallest absolute Gasteiger partial charge is 0.331 e. The van der Waals surface area contributed by atoms with Crippen molar-refractivity contribution < 1.29 is 9.90 Å². The van der Waals surface area contributed by atoms with Crippen LogP contribution in [-0.4, -0.2) is 11.1 Å². The van der Waals surface area contributed by atoms with E-state index >= 15 is 0 Å². The molecule has 0 aliphatic heterocycles. The third-order valence-corrected chi connectivity index (χ3v) is 0.800. The summed E-state index contributed by atoms with van der Waals surface area (Å²) in [4.78, 5) is 10.1. The van der Waals surface area contributed by atoms with Gasteiger partial charge < -0.3 is 5.11 Å². The second-order valence-corrected chi connectivity index (χ2v) is 1.98. The predicted octanol–water partition coefficient (Wildman–Crippen LogP) is 1.59. The quantitative estimate of drug-likeness (QED) is 0.450. The van der Waals surface area contributed by atoms with E-state index in [0.29, 0.717) is 5.57 Å². The van der Waals surface area contributed by atoms with Crippen molar-refractivity contribution in [3.63, 3.8) is 0 Å². The maximum absolute atomic E-state index is 10.1. The highest BCUT2D eigenvalue weighted by atomic mass is 16.4. The number of carbonyl (C=O) groups is 1. The minimum Gasteiger partial charge on any atom is -0.478 e. The molecule has 0 aromatic rings. The third kappa shape index (κ3) is 3.53. The highest BCUT2D eigenvalue weighted by Crippen LogP contribution is 1.97. The number of aliphatic carboxylic acids is 1. The van der Waals surface area contributed by atoms with Crippen molar-refractivity contribution in [3.05, 3.63) is 23.8 Å². The lowest BCUT2D eigenvalue weighted by Gasteiger charge is -1.90. The fourth-order valence-electron chi connectivity index (χ4n) is 0.431. The van der Waals surface area contributed by atoms with Gasteiger partial charge in [-0.05, 0) is 19.9 Å². The van der Waals surface area contributed by atoms with E-state index in [1.807, 2.05) is 0 Å². The van der Waals surface area contributed by atoms with E-state index in [4.69, 9.17) is 5.11 Å². The van der Waals surface area contributed by atoms with Crippen LogP contribution in [0.4, 0.5) is 0 Å². The van der Waals surface area contributed by atoms with Crippen molar-refractivity contribution in [2.75, 3.05) is 0 Å². The molecule has 0 fully saturated rings. The van der Waals surface area contributed by atoms with E-state index in [9.17, 15) is 4.79 Å². The number of rotatable bonds is 2. The first kappa shape index (κ1) is 7.95. The number of hydrogen-bond donors (Lipinski definition) is 1. The molecule has 0 saturated heterocycles. The first-order valence-corrected chi connectivity index (χ1v) is 2.61. The first-order valence-electron chi connectivity index (χ1n) is 2.61. The van der Waals surface area contributed by atoms with Crippen molar-refractivity contribution in [3.8, 4) is 0 Å². The zero-order valence-electron chi connectivity index (χ0n) is 5.64. The lowest BCUT2D eigenvalue weighted by Crippen LogP contribution is -1.95. The molecule has 0 aromatic carbocycles. The normalized spacial score (nSPS) is 11.1. The Hall–Kier alpha value is -1.05. The van der Waals surface area contributed by atoms with Crippen LogP contribution in [0, 0.1) is 0 Å². The lowest BCUT2D eigenvalue weighted by molar-refractivity contribution is -0.132. The molecule has 0 aliphatic rings. The average molecular weight is 126 g/mol. The Kier molecular flexibility index (Phi) is 2.71. The Morgan fingerprint density at radius 3 is 2.11 bits per heavy atom. The highest BCUT2D eigenvalue weighted by Gasteiger charge is 1.96. The summed E-state index contributed by atoms with van der Waals surface area (Å²) in [5, 5.41) is 8.32. The molecule has 0 rings (SSSR count). The molecule has 0 saturated carbocycles. The van der Waals surface area contributed by atoms with Crippen molar-refractivity contribution >= 4 is 5.97 Å². The molecule has 0 atom stereocenters. The fraction of sp³-hybridized carbons (Fsp3) is 0.286. The Morgan fingerprint density at radius 2 is 2.00 bits per heavy atom. The molecule has 2 heteroatoms. The molecule has 0 heterocycles. The van der Waals surface area contributed by atoms with E-state index in [2.05, 4.69) is 6.58 Å². The van der Waals surface area contributed by atoms with Crippen LogP contribution in [0.25, 0.3) is 0 Å². The summed E-state index contributed by atoms with van der Waals surface area (Å²) < 4.78 is 0. The molecule has 0 spiro atoms. The summed E-state index contributed by atoms with van der Waals surface area (Å²) in [6.07, 6.45) is 1.53. The van der Waals surface area contributed by atoms with Crippen LogP contribution < -0.4 is 0 Å². The largest absolute Gasteiger partial charge is 0.478 e. The van der Waals surface area contributed by atoms with Crippen LogP contribution in [0.3, 0.4) is 0 Å². The predicted molar refractivity (Wildman–Crippen MR) is 36.2 cm³/mol. The van der Waals surface area contributed by atoms with E-state index in [1.54, 1.807) is 6.92 Å². The Bertz CT molecular complexity index is 166. The minimum absolute atomic E-state index is 0.322. The van der Waals surface area contributed by atoms with Gasteiger partial charge >= 0.3 is 5.97 Å². The van der Waals surface area contributed by atoms with Crippen molar-refractivity contribution in [2.45, 2.75) is 13.8 Å². The second kappa shape index (κ2) is 3.07. The van der Waals surface area contributed by atoms with Crippen molar-refractivity contribution in [1.82, 2.24) is 0 Å². The molecular formula is C7H10O2. The van der Waals surface area contributed by atoms with Gasteiger partial charge in [-0.2, -0.15) is 0 Å². The summed E-state index contributed by atoms with van der Waals surface area (Å²) in [5.41, 5.74) is 1.08. The molecule has 0 radical (unpaired) electrons. The molecule has 0 aromatic heterocycles. The maximum atomic E-state index is 10.1. The van der Waals surface area contributed by atoms with E-state index in [-0.39, 0.29) is 0 Å². The average Bonchev–Trinajstić information content (AvgIpc) is 1.63. The lowest BCUT2D eigenvalue weighted by atomic mass is 10.2. The zero-order chi connectivity index (χ0) is 7.44. The molecule has 0 bridgehead atoms. The van der Waals surface area contributed by atoms with Gasteiger partial charge in [-0.3, -0.25) is 0 Å². The number of carboxylic acids is 1. The van der Waals surface area contributed by atoms with E-state index < -0.39 is 5.97 Å². The van der Waals surface area contributed by atoms with Crippen LogP contribution in [-0.2, 0) is 4.79 Å². The summed E-state index contributed by atoms with van der Waals surface area (Å²) in [6.45, 7) is 6.83. The van der Waals surface area contributed by atoms with Gasteiger partial charge in [0, 0.05) is 5.57 Å². The van der Waals surface area contributed by atoms with Gasteiger partial charge in [-0.1, -0.05) is 12.2 Å². The van der Waals surface area contributed by atoms with Crippen molar-refractivity contribution in [1.29, 1.82) is 0 Å². The van der Waals surface area contributed by atoms with Crippen LogP contribution in [0.5, 0.6) is 0 Å². The number of allylic oxidation sites excluding steroid dienone is 2. The van der Waals surface area contributed by atoms with Crippen LogP contribution in [0.1, 0.15) is 13.8 Å². The number of hydrogen-bond acceptors (Lipinski definition) is 1. The van der Waals surface area contributed by atoms with Gasteiger partial charge in [0.2, 0.25) is 0 Å². The molecule has 0 amide bonds. The van der Waals surface area contributed by atoms with Gasteiger partial charge in [0.1, 0.15) is 0 Å². The fourth-order valence-corrected chi connectivity index (χ4v) is 0.431. The third-order valence-electron chi connectivity index (χ3n) is 0.800. The van der Waals surface area contributed by atoms with Crippen LogP contribution in [0.2, 0.25) is 0 Å². The summed E-state index contributed by atoms with van der Waals surface area (Å²) in [5.74, 6) is -0.891. The highest BCUT2D eigenvalue weighted by molar-refractivity contribution is 5.86. The van der Waals surface area contributed by atoms with Gasteiger partial charge in [0.15, 0.2) is 0 Å². The molecule has 9 heavy (non-hydrogen) atoms. The van der Waals surface area contributed by atoms with Crippen LogP contribution in [0.15, 0.2) is 23.8 Å². The SMILES string of the molecule is C=C(C)/C=C(\C)C(=O)O. The van der Waals surface area contributed by atoms with Gasteiger partial charge in [0.25, 0.3) is 0 Å². The monoisotopic (exact) mass is 126 g/mol. The Morgan fingerprint density at radius 1 is 1.56 bits per heavy atom. The second-order valence-electron chi connectivity index (χ2n) is 1.98. The molecule has 50 valence electrons.